The molecular weight excluding hydrogens is 510 g/mol. The third-order valence-electron chi connectivity index (χ3n) is 6.99. The summed E-state index contributed by atoms with van der Waals surface area (Å²) in [7, 11) is 0. The van der Waals surface area contributed by atoms with Gasteiger partial charge in [0.15, 0.2) is 5.82 Å². The number of aryl methyl sites for hydroxylation is 1. The second-order valence-corrected chi connectivity index (χ2v) is 12.7. The molecule has 2 N–H and O–H groups in total. The number of amides is 1. The number of aromatic nitrogens is 4. The summed E-state index contributed by atoms with van der Waals surface area (Å²) >= 11 is 0. The van der Waals surface area contributed by atoms with Crippen LogP contribution in [-0.4, -0.2) is 66.2 Å². The highest BCUT2D eigenvalue weighted by Crippen LogP contribution is 2.38. The Bertz CT molecular complexity index is 1410. The minimum absolute atomic E-state index is 0.136. The third-order valence-corrected chi connectivity index (χ3v) is 6.99. The van der Waals surface area contributed by atoms with Crippen LogP contribution in [0.4, 0.5) is 27.0 Å². The summed E-state index contributed by atoms with van der Waals surface area (Å²) < 4.78 is 12.4. The molecule has 0 unspecified atom stereocenters. The van der Waals surface area contributed by atoms with Gasteiger partial charge in [0.05, 0.1) is 5.52 Å². The van der Waals surface area contributed by atoms with E-state index in [9.17, 15) is 9.59 Å². The highest BCUT2D eigenvalue weighted by atomic mass is 16.6. The minimum Gasteiger partial charge on any atom is -0.444 e. The smallest absolute Gasteiger partial charge is 0.435 e. The molecule has 2 bridgehead atoms. The van der Waals surface area contributed by atoms with Gasteiger partial charge in [0.2, 0.25) is 0 Å². The topological polar surface area (TPSA) is 124 Å². The monoisotopic (exact) mass is 549 g/mol. The lowest BCUT2D eigenvalue weighted by atomic mass is 9.97. The van der Waals surface area contributed by atoms with Crippen molar-refractivity contribution in [1.29, 1.82) is 0 Å². The fraction of sp³-hybridized carbons (Fsp3) is 0.552. The van der Waals surface area contributed by atoms with Crippen LogP contribution < -0.4 is 10.6 Å². The highest BCUT2D eigenvalue weighted by Gasteiger charge is 2.45. The second-order valence-electron chi connectivity index (χ2n) is 12.7. The molecular formula is C29H39N7O4. The molecule has 2 aliphatic rings. The van der Waals surface area contributed by atoms with Crippen molar-refractivity contribution < 1.29 is 19.1 Å². The van der Waals surface area contributed by atoms with Crippen molar-refractivity contribution in [3.63, 3.8) is 0 Å². The van der Waals surface area contributed by atoms with Crippen LogP contribution in [0.25, 0.3) is 10.9 Å². The van der Waals surface area contributed by atoms with Crippen LogP contribution in [0.5, 0.6) is 0 Å². The Kier molecular flexibility index (Phi) is 7.09. The molecule has 0 aliphatic carbocycles. The van der Waals surface area contributed by atoms with Gasteiger partial charge >= 0.3 is 12.2 Å². The van der Waals surface area contributed by atoms with Crippen LogP contribution in [-0.2, 0) is 9.47 Å². The minimum atomic E-state index is -0.627. The van der Waals surface area contributed by atoms with E-state index in [2.05, 4.69) is 20.7 Å². The van der Waals surface area contributed by atoms with Gasteiger partial charge in [-0.3, -0.25) is 4.98 Å². The normalized spacial score (nSPS) is 20.9. The molecule has 3 atom stereocenters. The van der Waals surface area contributed by atoms with Gasteiger partial charge in [0.25, 0.3) is 0 Å². The first kappa shape index (κ1) is 27.7. The van der Waals surface area contributed by atoms with Crippen LogP contribution in [0.15, 0.2) is 30.5 Å². The average molecular weight is 550 g/mol. The van der Waals surface area contributed by atoms with Crippen LogP contribution in [0.1, 0.15) is 72.9 Å². The van der Waals surface area contributed by atoms with Crippen LogP contribution in [0, 0.1) is 6.92 Å². The first-order valence-electron chi connectivity index (χ1n) is 13.9. The molecule has 214 valence electrons. The summed E-state index contributed by atoms with van der Waals surface area (Å²) in [5, 5.41) is 12.2. The molecule has 1 amide bonds. The van der Waals surface area contributed by atoms with Crippen molar-refractivity contribution in [2.45, 2.75) is 103 Å². The fourth-order valence-corrected chi connectivity index (χ4v) is 5.51. The van der Waals surface area contributed by atoms with Crippen molar-refractivity contribution >= 4 is 40.5 Å². The molecule has 2 fully saturated rings. The highest BCUT2D eigenvalue weighted by molar-refractivity contribution is 5.91. The predicted octanol–water partition coefficient (Wildman–Crippen LogP) is 6.00. The number of anilines is 3. The van der Waals surface area contributed by atoms with Gasteiger partial charge in [-0.15, -0.1) is 5.10 Å². The van der Waals surface area contributed by atoms with Gasteiger partial charge in [-0.25, -0.2) is 14.6 Å². The van der Waals surface area contributed by atoms with Gasteiger partial charge in [0, 0.05) is 47.5 Å². The average Bonchev–Trinajstić information content (AvgIpc) is 3.33. The molecule has 11 heteroatoms. The summed E-state index contributed by atoms with van der Waals surface area (Å²) in [6.45, 7) is 12.9. The number of hydrogen-bond acceptors (Lipinski definition) is 9. The van der Waals surface area contributed by atoms with E-state index in [1.807, 2.05) is 64.6 Å². The van der Waals surface area contributed by atoms with Gasteiger partial charge in [-0.2, -0.15) is 4.68 Å². The fourth-order valence-electron chi connectivity index (χ4n) is 5.51. The number of carbonyl (C=O) groups excluding carboxylic acids is 2. The molecule has 5 rings (SSSR count). The number of pyridine rings is 2. The summed E-state index contributed by atoms with van der Waals surface area (Å²) in [4.78, 5) is 36.8. The van der Waals surface area contributed by atoms with E-state index < -0.39 is 17.3 Å². The van der Waals surface area contributed by atoms with E-state index in [4.69, 9.17) is 14.5 Å². The van der Waals surface area contributed by atoms with Crippen LogP contribution >= 0.6 is 0 Å². The first-order valence-corrected chi connectivity index (χ1v) is 13.9. The molecule has 2 aliphatic heterocycles. The number of ether oxygens (including phenoxy) is 2. The number of piperidine rings is 1. The Morgan fingerprint density at radius 2 is 1.60 bits per heavy atom. The lowest BCUT2D eigenvalue weighted by Gasteiger charge is -2.39. The predicted molar refractivity (Wildman–Crippen MR) is 153 cm³/mol. The Morgan fingerprint density at radius 3 is 2.25 bits per heavy atom. The zero-order valence-electron chi connectivity index (χ0n) is 24.3. The molecule has 3 aromatic heterocycles. The van der Waals surface area contributed by atoms with Crippen molar-refractivity contribution in [3.8, 4) is 0 Å². The maximum atomic E-state index is 12.9. The number of nitrogens with one attached hydrogen (secondary N) is 2. The number of nitrogens with zero attached hydrogens (tertiary/aromatic N) is 5. The van der Waals surface area contributed by atoms with Crippen LogP contribution in [0.2, 0.25) is 0 Å². The van der Waals surface area contributed by atoms with E-state index in [0.29, 0.717) is 23.1 Å². The Balaban J connectivity index is 1.35. The van der Waals surface area contributed by atoms with Crippen LogP contribution in [0.3, 0.4) is 0 Å². The van der Waals surface area contributed by atoms with Crippen molar-refractivity contribution in [1.82, 2.24) is 24.6 Å². The van der Waals surface area contributed by atoms with Gasteiger partial charge in [0.1, 0.15) is 22.8 Å². The Labute approximate surface area is 234 Å². The quantitative estimate of drug-likeness (QED) is 0.403. The van der Waals surface area contributed by atoms with Gasteiger partial charge in [-0.05, 0) is 86.3 Å². The number of hydrogen-bond donors (Lipinski definition) is 2. The van der Waals surface area contributed by atoms with E-state index in [1.165, 1.54) is 4.68 Å². The SMILES string of the molecule is Cc1cc(Nc2cc3ncccc3c(N[C@H]3C[C@H]4CC[C@@H](C3)N4C(=O)OC(C)(C)C)n2)nn1C(=O)OC(C)(C)C. The first-order chi connectivity index (χ1) is 18.8. The third kappa shape index (κ3) is 6.13. The maximum Gasteiger partial charge on any atom is 0.435 e. The molecule has 0 saturated carbocycles. The van der Waals surface area contributed by atoms with E-state index >= 15 is 0 Å². The maximum absolute atomic E-state index is 12.9. The molecule has 0 spiro atoms. The Morgan fingerprint density at radius 1 is 0.950 bits per heavy atom. The lowest BCUT2D eigenvalue weighted by Crippen LogP contribution is -2.51. The number of fused-ring (bicyclic) bond motifs is 3. The Hall–Kier alpha value is -3.89. The summed E-state index contributed by atoms with van der Waals surface area (Å²) in [5.41, 5.74) is 0.273. The largest absolute Gasteiger partial charge is 0.444 e. The lowest BCUT2D eigenvalue weighted by molar-refractivity contribution is 0.00680. The molecule has 40 heavy (non-hydrogen) atoms. The van der Waals surface area contributed by atoms with Crippen molar-refractivity contribution in [2.24, 2.45) is 0 Å². The molecule has 5 heterocycles. The summed E-state index contributed by atoms with van der Waals surface area (Å²) in [6, 6.07) is 7.93. The number of carbonyl (C=O) groups is 2. The second kappa shape index (κ2) is 10.3. The molecule has 2 saturated heterocycles. The van der Waals surface area contributed by atoms with Crippen molar-refractivity contribution in [2.75, 3.05) is 10.6 Å². The van der Waals surface area contributed by atoms with E-state index in [0.717, 1.165) is 36.6 Å². The molecule has 0 aromatic carbocycles. The standard InChI is InChI=1S/C29H39N7O4/c1-17-13-24(34-36(17)27(38)40-29(5,6)7)32-23-16-22-21(9-8-12-30-22)25(33-23)31-18-14-19-10-11-20(15-18)35(19)26(37)39-28(2,3)4/h8-9,12-13,16,18-20H,10-11,14-15H2,1-7H3,(H2,31,32,33,34)/t18-,19+,20-. The molecule has 0 radical (unpaired) electrons. The molecule has 11 nitrogen and oxygen atoms in total. The molecule has 3 aromatic rings. The van der Waals surface area contributed by atoms with Gasteiger partial charge in [-0.1, -0.05) is 0 Å². The van der Waals surface area contributed by atoms with E-state index in [-0.39, 0.29) is 24.2 Å². The summed E-state index contributed by atoms with van der Waals surface area (Å²) in [5.74, 6) is 1.74. The zero-order valence-corrected chi connectivity index (χ0v) is 24.3. The number of rotatable bonds is 4. The van der Waals surface area contributed by atoms with Gasteiger partial charge < -0.3 is 25.0 Å². The summed E-state index contributed by atoms with van der Waals surface area (Å²) in [6.07, 6.45) is 4.56. The van der Waals surface area contributed by atoms with Crippen molar-refractivity contribution in [3.05, 3.63) is 36.2 Å². The zero-order chi connectivity index (χ0) is 28.8. The van der Waals surface area contributed by atoms with E-state index in [1.54, 1.807) is 19.2 Å².